The second kappa shape index (κ2) is 3.01. The first-order valence-electron chi connectivity index (χ1n) is 2.80. The summed E-state index contributed by atoms with van der Waals surface area (Å²) in [5.74, 6) is -0.817. The Morgan fingerprint density at radius 1 is 1.25 bits per heavy atom. The smallest absolute Gasteiger partial charge is 0.233 e. The van der Waals surface area contributed by atoms with E-state index in [2.05, 4.69) is 20.9 Å². The second-order valence-electron chi connectivity index (χ2n) is 1.97. The molecule has 1 aromatic heterocycles. The van der Waals surface area contributed by atoms with Crippen LogP contribution in [0.5, 0.6) is 0 Å². The second-order valence-corrected chi connectivity index (χ2v) is 2.72. The Morgan fingerprint density at radius 2 is 1.83 bits per heavy atom. The molecule has 12 heavy (non-hydrogen) atoms. The standard InChI is InChI=1S/C6H2BrF4N/c7-5-3(8)1-2-4(12-5)6(9,10)11/h1-2H. The van der Waals surface area contributed by atoms with E-state index in [1.807, 2.05) is 0 Å². The fraction of sp³-hybridized carbons (Fsp3) is 0.167. The molecule has 1 nitrogen and oxygen atoms in total. The van der Waals surface area contributed by atoms with Crippen molar-refractivity contribution in [2.45, 2.75) is 6.18 Å². The maximum atomic E-state index is 12.4. The molecule has 6 heteroatoms. The number of aromatic nitrogens is 1. The summed E-state index contributed by atoms with van der Waals surface area (Å²) in [6.07, 6.45) is -4.53. The normalized spacial score (nSPS) is 11.8. The third-order valence-corrected chi connectivity index (χ3v) is 1.65. The minimum absolute atomic E-state index is 0.433. The highest BCUT2D eigenvalue weighted by molar-refractivity contribution is 9.10. The van der Waals surface area contributed by atoms with Crippen LogP contribution in [0.3, 0.4) is 0 Å². The summed E-state index contributed by atoms with van der Waals surface area (Å²) in [4.78, 5) is 2.96. The summed E-state index contributed by atoms with van der Waals surface area (Å²) in [5.41, 5.74) is -1.12. The molecule has 0 saturated heterocycles. The van der Waals surface area contributed by atoms with Gasteiger partial charge >= 0.3 is 6.18 Å². The Hall–Kier alpha value is -0.650. The van der Waals surface area contributed by atoms with Crippen molar-refractivity contribution < 1.29 is 17.6 Å². The van der Waals surface area contributed by atoms with Gasteiger partial charge in [-0.2, -0.15) is 13.2 Å². The van der Waals surface area contributed by atoms with Gasteiger partial charge in [-0.05, 0) is 28.1 Å². The van der Waals surface area contributed by atoms with Crippen molar-refractivity contribution in [1.82, 2.24) is 4.98 Å². The largest absolute Gasteiger partial charge is 0.433 e. The molecule has 0 amide bonds. The van der Waals surface area contributed by atoms with Crippen molar-refractivity contribution in [3.05, 3.63) is 28.2 Å². The fourth-order valence-corrected chi connectivity index (χ4v) is 0.898. The molecule has 0 atom stereocenters. The van der Waals surface area contributed by atoms with Gasteiger partial charge in [0.05, 0.1) is 0 Å². The number of nitrogens with zero attached hydrogens (tertiary/aromatic N) is 1. The first kappa shape index (κ1) is 9.44. The minimum Gasteiger partial charge on any atom is -0.233 e. The fourth-order valence-electron chi connectivity index (χ4n) is 0.575. The van der Waals surface area contributed by atoms with Crippen molar-refractivity contribution >= 4 is 15.9 Å². The van der Waals surface area contributed by atoms with Gasteiger partial charge in [0.1, 0.15) is 10.3 Å². The van der Waals surface area contributed by atoms with Crippen molar-refractivity contribution in [2.24, 2.45) is 0 Å². The third-order valence-electron chi connectivity index (χ3n) is 1.09. The molecule has 0 aliphatic carbocycles. The van der Waals surface area contributed by atoms with Gasteiger partial charge in [-0.15, -0.1) is 0 Å². The van der Waals surface area contributed by atoms with Gasteiger partial charge < -0.3 is 0 Å². The van der Waals surface area contributed by atoms with Crippen LogP contribution in [0.4, 0.5) is 17.6 Å². The summed E-state index contributed by atoms with van der Waals surface area (Å²) < 4.78 is 47.7. The van der Waals surface area contributed by atoms with E-state index in [0.29, 0.717) is 12.1 Å². The van der Waals surface area contributed by atoms with Crippen molar-refractivity contribution in [3.63, 3.8) is 0 Å². The molecule has 0 radical (unpaired) electrons. The highest BCUT2D eigenvalue weighted by Gasteiger charge is 2.32. The molecule has 0 aliphatic heterocycles. The van der Waals surface area contributed by atoms with Crippen molar-refractivity contribution in [3.8, 4) is 0 Å². The van der Waals surface area contributed by atoms with E-state index in [0.717, 1.165) is 0 Å². The van der Waals surface area contributed by atoms with Gasteiger partial charge in [-0.25, -0.2) is 9.37 Å². The molecule has 0 bridgehead atoms. The summed E-state index contributed by atoms with van der Waals surface area (Å²) in [6, 6.07) is 1.29. The van der Waals surface area contributed by atoms with E-state index in [4.69, 9.17) is 0 Å². The molecule has 0 aromatic carbocycles. The molecule has 0 unspecified atom stereocenters. The quantitative estimate of drug-likeness (QED) is 0.505. The van der Waals surface area contributed by atoms with Gasteiger partial charge in [0.15, 0.2) is 5.82 Å². The minimum atomic E-state index is -4.53. The SMILES string of the molecule is Fc1ccc(C(F)(F)F)nc1Br. The predicted molar refractivity (Wildman–Crippen MR) is 36.9 cm³/mol. The van der Waals surface area contributed by atoms with Gasteiger partial charge in [0.25, 0.3) is 0 Å². The molecule has 0 spiro atoms. The maximum Gasteiger partial charge on any atom is 0.433 e. The van der Waals surface area contributed by atoms with E-state index in [-0.39, 0.29) is 0 Å². The summed E-state index contributed by atoms with van der Waals surface area (Å²) in [5, 5.41) is 0. The van der Waals surface area contributed by atoms with Crippen LogP contribution in [0, 0.1) is 5.82 Å². The van der Waals surface area contributed by atoms with E-state index in [1.165, 1.54) is 0 Å². The summed E-state index contributed by atoms with van der Waals surface area (Å²) in [6.45, 7) is 0. The van der Waals surface area contributed by atoms with Crippen LogP contribution in [0.2, 0.25) is 0 Å². The zero-order valence-electron chi connectivity index (χ0n) is 5.49. The molecule has 1 aromatic rings. The van der Waals surface area contributed by atoms with Crippen LogP contribution in [0.15, 0.2) is 16.7 Å². The lowest BCUT2D eigenvalue weighted by molar-refractivity contribution is -0.141. The molecule has 0 fully saturated rings. The van der Waals surface area contributed by atoms with Crippen molar-refractivity contribution in [1.29, 1.82) is 0 Å². The molecular formula is C6H2BrF4N. The number of hydrogen-bond donors (Lipinski definition) is 0. The Kier molecular flexibility index (Phi) is 2.36. The summed E-state index contributed by atoms with van der Waals surface area (Å²) in [7, 11) is 0. The van der Waals surface area contributed by atoms with E-state index >= 15 is 0 Å². The molecular weight excluding hydrogens is 242 g/mol. The third kappa shape index (κ3) is 1.94. The Morgan fingerprint density at radius 3 is 2.25 bits per heavy atom. The molecule has 0 aliphatic rings. The van der Waals surface area contributed by atoms with E-state index in [9.17, 15) is 17.6 Å². The highest BCUT2D eigenvalue weighted by Crippen LogP contribution is 2.28. The lowest BCUT2D eigenvalue weighted by atomic mass is 10.3. The van der Waals surface area contributed by atoms with E-state index < -0.39 is 22.3 Å². The van der Waals surface area contributed by atoms with Gasteiger partial charge in [-0.1, -0.05) is 0 Å². The number of halogens is 5. The Bertz CT molecular complexity index is 296. The molecule has 66 valence electrons. The molecule has 1 rings (SSSR count). The first-order chi connectivity index (χ1) is 5.41. The molecule has 1 heterocycles. The average molecular weight is 244 g/mol. The van der Waals surface area contributed by atoms with Gasteiger partial charge in [-0.3, -0.25) is 0 Å². The van der Waals surface area contributed by atoms with Crippen LogP contribution in [-0.2, 0) is 6.18 Å². The lowest BCUT2D eigenvalue weighted by Crippen LogP contribution is -2.08. The number of alkyl halides is 3. The highest BCUT2D eigenvalue weighted by atomic mass is 79.9. The number of pyridine rings is 1. The van der Waals surface area contributed by atoms with Crippen LogP contribution in [-0.4, -0.2) is 4.98 Å². The Balaban J connectivity index is 3.14. The Labute approximate surface area is 73.5 Å². The predicted octanol–water partition coefficient (Wildman–Crippen LogP) is 3.00. The van der Waals surface area contributed by atoms with Gasteiger partial charge in [0, 0.05) is 0 Å². The van der Waals surface area contributed by atoms with Crippen LogP contribution < -0.4 is 0 Å². The van der Waals surface area contributed by atoms with Crippen LogP contribution >= 0.6 is 15.9 Å². The van der Waals surface area contributed by atoms with Crippen LogP contribution in [0.25, 0.3) is 0 Å². The van der Waals surface area contributed by atoms with Crippen LogP contribution in [0.1, 0.15) is 5.69 Å². The first-order valence-corrected chi connectivity index (χ1v) is 3.60. The number of rotatable bonds is 0. The molecule has 0 N–H and O–H groups in total. The van der Waals surface area contributed by atoms with E-state index in [1.54, 1.807) is 0 Å². The topological polar surface area (TPSA) is 12.9 Å². The average Bonchev–Trinajstić information content (AvgIpc) is 1.92. The monoisotopic (exact) mass is 243 g/mol. The lowest BCUT2D eigenvalue weighted by Gasteiger charge is -2.04. The van der Waals surface area contributed by atoms with Crippen molar-refractivity contribution in [2.75, 3.05) is 0 Å². The number of hydrogen-bond acceptors (Lipinski definition) is 1. The molecule has 0 saturated carbocycles. The zero-order chi connectivity index (χ0) is 9.35. The summed E-state index contributed by atoms with van der Waals surface area (Å²) >= 11 is 2.55. The zero-order valence-corrected chi connectivity index (χ0v) is 7.08. The maximum absolute atomic E-state index is 12.4. The van der Waals surface area contributed by atoms with Gasteiger partial charge in [0.2, 0.25) is 0 Å².